The van der Waals surface area contributed by atoms with Crippen LogP contribution in [0.15, 0.2) is 164 Å². The van der Waals surface area contributed by atoms with E-state index in [1.165, 1.54) is 93.3 Å². The van der Waals surface area contributed by atoms with Crippen LogP contribution < -0.4 is 4.90 Å². The molecule has 1 spiro atoms. The SMILES string of the molecule is c1ccc(-c2ccccc2N(c2ccc(-c3ccc4ccccc4c3)cc2)c2ccc3c(c2)-c2ccccc2C32C3CC4CC(C3)CC2C4)cc1. The molecule has 0 saturated heterocycles. The summed E-state index contributed by atoms with van der Waals surface area (Å²) < 4.78 is 0. The fourth-order valence-corrected chi connectivity index (χ4v) is 11.4. The quantitative estimate of drug-likeness (QED) is 0.178. The molecule has 7 aromatic carbocycles. The first-order chi connectivity index (χ1) is 25.2. The van der Waals surface area contributed by atoms with E-state index >= 15 is 0 Å². The Bertz CT molecular complexity index is 2410. The average Bonchev–Trinajstić information content (AvgIpc) is 3.47. The molecule has 0 radical (unpaired) electrons. The van der Waals surface area contributed by atoms with Crippen LogP contribution in [-0.2, 0) is 5.41 Å². The Labute approximate surface area is 301 Å². The standard InChI is InChI=1S/C50H41N/c1-2-11-37(12-3-1)44-14-7-9-17-49(44)51(42-22-20-36(21-23-42)39-19-18-35-10-4-5-13-38(35)31-39)43-24-25-48-46(32-43)45-15-6-8-16-47(45)50(48)40-27-33-26-34(29-40)30-41(50)28-33/h1-25,31-34,40-41H,26-30H2. The van der Waals surface area contributed by atoms with E-state index in [0.717, 1.165) is 23.7 Å². The predicted octanol–water partition coefficient (Wildman–Crippen LogP) is 13.4. The van der Waals surface area contributed by atoms with Crippen LogP contribution in [0.5, 0.6) is 0 Å². The highest BCUT2D eigenvalue weighted by molar-refractivity contribution is 5.92. The number of anilines is 3. The molecule has 4 fully saturated rings. The highest BCUT2D eigenvalue weighted by Gasteiger charge is 2.61. The van der Waals surface area contributed by atoms with Gasteiger partial charge in [0.2, 0.25) is 0 Å². The number of nitrogens with zero attached hydrogens (tertiary/aromatic N) is 1. The van der Waals surface area contributed by atoms with Gasteiger partial charge < -0.3 is 4.90 Å². The molecule has 0 heterocycles. The highest BCUT2D eigenvalue weighted by Crippen LogP contribution is 2.69. The molecule has 0 amide bonds. The van der Waals surface area contributed by atoms with Crippen molar-refractivity contribution < 1.29 is 0 Å². The van der Waals surface area contributed by atoms with Gasteiger partial charge in [0, 0.05) is 22.4 Å². The largest absolute Gasteiger partial charge is 0.310 e. The molecule has 1 heteroatoms. The number of benzene rings is 7. The van der Waals surface area contributed by atoms with Gasteiger partial charge in [-0.3, -0.25) is 0 Å². The summed E-state index contributed by atoms with van der Waals surface area (Å²) in [6.45, 7) is 0. The second-order valence-corrected chi connectivity index (χ2v) is 15.8. The first kappa shape index (κ1) is 29.3. The zero-order valence-electron chi connectivity index (χ0n) is 28.9. The Morgan fingerprint density at radius 3 is 1.78 bits per heavy atom. The molecule has 0 atom stereocenters. The predicted molar refractivity (Wildman–Crippen MR) is 213 cm³/mol. The van der Waals surface area contributed by atoms with Gasteiger partial charge in [-0.15, -0.1) is 0 Å². The van der Waals surface area contributed by atoms with Crippen molar-refractivity contribution in [1.82, 2.24) is 0 Å². The van der Waals surface area contributed by atoms with Crippen LogP contribution in [0.3, 0.4) is 0 Å². The van der Waals surface area contributed by atoms with Gasteiger partial charge in [-0.2, -0.15) is 0 Å². The summed E-state index contributed by atoms with van der Waals surface area (Å²) in [7, 11) is 0. The van der Waals surface area contributed by atoms with E-state index in [-0.39, 0.29) is 5.41 Å². The van der Waals surface area contributed by atoms with Gasteiger partial charge in [-0.1, -0.05) is 127 Å². The maximum absolute atomic E-state index is 2.55. The number of fused-ring (bicyclic) bond motifs is 4. The summed E-state index contributed by atoms with van der Waals surface area (Å²) in [5, 5.41) is 2.54. The molecular formula is C50H41N. The Kier molecular flexibility index (Phi) is 6.50. The molecule has 0 aliphatic heterocycles. The van der Waals surface area contributed by atoms with Gasteiger partial charge in [0.1, 0.15) is 0 Å². The molecule has 51 heavy (non-hydrogen) atoms. The van der Waals surface area contributed by atoms with E-state index in [0.29, 0.717) is 0 Å². The first-order valence-electron chi connectivity index (χ1n) is 19.0. The average molecular weight is 656 g/mol. The minimum Gasteiger partial charge on any atom is -0.310 e. The van der Waals surface area contributed by atoms with Crippen molar-refractivity contribution in [3.05, 3.63) is 175 Å². The number of hydrogen-bond donors (Lipinski definition) is 0. The first-order valence-corrected chi connectivity index (χ1v) is 19.0. The summed E-state index contributed by atoms with van der Waals surface area (Å²) >= 11 is 0. The molecule has 0 unspecified atom stereocenters. The lowest BCUT2D eigenvalue weighted by molar-refractivity contribution is -0.0399. The molecule has 0 N–H and O–H groups in total. The monoisotopic (exact) mass is 655 g/mol. The Balaban J connectivity index is 1.08. The summed E-state index contributed by atoms with van der Waals surface area (Å²) in [6, 6.07) is 61.4. The lowest BCUT2D eigenvalue weighted by atomic mass is 9.43. The summed E-state index contributed by atoms with van der Waals surface area (Å²) in [4.78, 5) is 2.50. The molecule has 5 aliphatic carbocycles. The molecular weight excluding hydrogens is 615 g/mol. The van der Waals surface area contributed by atoms with Gasteiger partial charge in [0.25, 0.3) is 0 Å². The van der Waals surface area contributed by atoms with E-state index in [1.807, 2.05) is 0 Å². The van der Waals surface area contributed by atoms with Gasteiger partial charge >= 0.3 is 0 Å². The normalized spacial score (nSPS) is 23.8. The second-order valence-electron chi connectivity index (χ2n) is 15.8. The van der Waals surface area contributed by atoms with Crippen LogP contribution in [0, 0.1) is 23.7 Å². The van der Waals surface area contributed by atoms with Crippen molar-refractivity contribution >= 4 is 27.8 Å². The van der Waals surface area contributed by atoms with E-state index in [2.05, 4.69) is 169 Å². The van der Waals surface area contributed by atoms with E-state index < -0.39 is 0 Å². The minimum atomic E-state index is 0.173. The zero-order valence-corrected chi connectivity index (χ0v) is 28.9. The fourth-order valence-electron chi connectivity index (χ4n) is 11.4. The van der Waals surface area contributed by atoms with Crippen molar-refractivity contribution in [2.75, 3.05) is 4.90 Å². The number of rotatable bonds is 5. The van der Waals surface area contributed by atoms with Crippen molar-refractivity contribution in [1.29, 1.82) is 0 Å². The van der Waals surface area contributed by atoms with Crippen molar-refractivity contribution in [2.45, 2.75) is 37.5 Å². The van der Waals surface area contributed by atoms with E-state index in [1.54, 1.807) is 11.1 Å². The number of hydrogen-bond acceptors (Lipinski definition) is 1. The van der Waals surface area contributed by atoms with Crippen LogP contribution in [0.2, 0.25) is 0 Å². The molecule has 4 bridgehead atoms. The van der Waals surface area contributed by atoms with Crippen LogP contribution in [0.4, 0.5) is 17.1 Å². The summed E-state index contributed by atoms with van der Waals surface area (Å²) in [6.07, 6.45) is 7.10. The number of para-hydroxylation sites is 1. The maximum Gasteiger partial charge on any atom is 0.0540 e. The third kappa shape index (κ3) is 4.40. The smallest absolute Gasteiger partial charge is 0.0540 e. The van der Waals surface area contributed by atoms with E-state index in [9.17, 15) is 0 Å². The maximum atomic E-state index is 2.55. The Hall–Kier alpha value is -5.40. The molecule has 0 aromatic heterocycles. The molecule has 246 valence electrons. The van der Waals surface area contributed by atoms with Crippen molar-refractivity contribution in [2.24, 2.45) is 23.7 Å². The molecule has 5 aliphatic rings. The van der Waals surface area contributed by atoms with Crippen LogP contribution in [-0.4, -0.2) is 0 Å². The van der Waals surface area contributed by atoms with E-state index in [4.69, 9.17) is 0 Å². The van der Waals surface area contributed by atoms with Crippen molar-refractivity contribution in [3.8, 4) is 33.4 Å². The topological polar surface area (TPSA) is 3.24 Å². The minimum absolute atomic E-state index is 0.173. The lowest BCUT2D eigenvalue weighted by Gasteiger charge is -2.61. The summed E-state index contributed by atoms with van der Waals surface area (Å²) in [5.74, 6) is 3.41. The Morgan fingerprint density at radius 2 is 1.00 bits per heavy atom. The van der Waals surface area contributed by atoms with Crippen LogP contribution in [0.25, 0.3) is 44.2 Å². The van der Waals surface area contributed by atoms with Gasteiger partial charge in [-0.05, 0) is 142 Å². The van der Waals surface area contributed by atoms with Gasteiger partial charge in [0.15, 0.2) is 0 Å². The zero-order chi connectivity index (χ0) is 33.5. The third-order valence-corrected chi connectivity index (χ3v) is 13.2. The van der Waals surface area contributed by atoms with Gasteiger partial charge in [0.05, 0.1) is 5.69 Å². The highest BCUT2D eigenvalue weighted by atomic mass is 15.1. The Morgan fingerprint density at radius 1 is 0.392 bits per heavy atom. The lowest BCUT2D eigenvalue weighted by Crippen LogP contribution is -2.55. The van der Waals surface area contributed by atoms with Crippen LogP contribution in [0.1, 0.15) is 43.2 Å². The van der Waals surface area contributed by atoms with Gasteiger partial charge in [-0.25, -0.2) is 0 Å². The third-order valence-electron chi connectivity index (χ3n) is 13.2. The second kappa shape index (κ2) is 11.3. The summed E-state index contributed by atoms with van der Waals surface area (Å²) in [5.41, 5.74) is 14.8. The molecule has 7 aromatic rings. The van der Waals surface area contributed by atoms with Crippen molar-refractivity contribution in [3.63, 3.8) is 0 Å². The molecule has 4 saturated carbocycles. The fraction of sp³-hybridized carbons (Fsp3) is 0.200. The van der Waals surface area contributed by atoms with Crippen LogP contribution >= 0.6 is 0 Å². The molecule has 12 rings (SSSR count). The molecule has 1 nitrogen and oxygen atoms in total.